The Morgan fingerprint density at radius 1 is 1.06 bits per heavy atom. The first-order valence-electron chi connectivity index (χ1n) is 14.6. The molecule has 0 fully saturated rings. The van der Waals surface area contributed by atoms with Crippen LogP contribution in [0.1, 0.15) is 35.2 Å². The average Bonchev–Trinajstić information content (AvgIpc) is 3.38. The zero-order valence-electron chi connectivity index (χ0n) is 25.2. The van der Waals surface area contributed by atoms with Crippen molar-refractivity contribution >= 4 is 63.3 Å². The van der Waals surface area contributed by atoms with Gasteiger partial charge in [-0.1, -0.05) is 77.5 Å². The van der Waals surface area contributed by atoms with Gasteiger partial charge in [0.25, 0.3) is 5.56 Å². The summed E-state index contributed by atoms with van der Waals surface area (Å²) in [5, 5.41) is 0.528. The summed E-state index contributed by atoms with van der Waals surface area (Å²) in [7, 11) is 1.54. The molecule has 0 bridgehead atoms. The quantitative estimate of drug-likeness (QED) is 0.120. The predicted octanol–water partition coefficient (Wildman–Crippen LogP) is 6.92. The van der Waals surface area contributed by atoms with Crippen molar-refractivity contribution in [3.05, 3.63) is 153 Å². The number of halogens is 3. The van der Waals surface area contributed by atoms with Crippen LogP contribution in [0.3, 0.4) is 0 Å². The van der Waals surface area contributed by atoms with E-state index >= 15 is 0 Å². The van der Waals surface area contributed by atoms with Gasteiger partial charge in [0.2, 0.25) is 0 Å². The van der Waals surface area contributed by atoms with Crippen molar-refractivity contribution in [3.8, 4) is 11.5 Å². The number of methoxy groups -OCH3 is 1. The molecule has 11 heteroatoms. The predicted molar refractivity (Wildman–Crippen MR) is 189 cm³/mol. The zero-order valence-corrected chi connectivity index (χ0v) is 28.9. The van der Waals surface area contributed by atoms with Gasteiger partial charge in [-0.25, -0.2) is 14.2 Å². The molecule has 7 nitrogen and oxygen atoms in total. The second-order valence-corrected chi connectivity index (χ2v) is 13.0. The normalized spacial score (nSPS) is 14.4. The van der Waals surface area contributed by atoms with E-state index in [0.29, 0.717) is 42.7 Å². The van der Waals surface area contributed by atoms with Crippen molar-refractivity contribution in [3.63, 3.8) is 0 Å². The first-order chi connectivity index (χ1) is 22.8. The molecule has 0 unspecified atom stereocenters. The highest BCUT2D eigenvalue weighted by atomic mass is 127. The lowest BCUT2D eigenvalue weighted by Gasteiger charge is -2.25. The lowest BCUT2D eigenvalue weighted by atomic mass is 9.93. The number of nitrogens with zero attached hydrogens (tertiary/aromatic N) is 2. The fraction of sp³-hybridized carbons (Fsp3) is 0.139. The molecule has 1 atom stereocenters. The molecule has 238 valence electrons. The maximum Gasteiger partial charge on any atom is 0.338 e. The van der Waals surface area contributed by atoms with E-state index in [0.717, 1.165) is 14.7 Å². The van der Waals surface area contributed by atoms with Crippen molar-refractivity contribution in [2.24, 2.45) is 4.99 Å². The molecular weight excluding hydrogens is 754 g/mol. The molecule has 0 spiro atoms. The summed E-state index contributed by atoms with van der Waals surface area (Å²) in [5.41, 5.74) is 3.32. The minimum atomic E-state index is -0.808. The van der Waals surface area contributed by atoms with Gasteiger partial charge in [0.15, 0.2) is 16.3 Å². The van der Waals surface area contributed by atoms with Gasteiger partial charge < -0.3 is 14.2 Å². The van der Waals surface area contributed by atoms with Gasteiger partial charge in [-0.05, 0) is 88.7 Å². The Morgan fingerprint density at radius 2 is 1.79 bits per heavy atom. The molecule has 0 N–H and O–H groups in total. The fourth-order valence-corrected chi connectivity index (χ4v) is 7.16. The molecule has 2 heterocycles. The van der Waals surface area contributed by atoms with E-state index in [-0.39, 0.29) is 30.2 Å². The second-order valence-electron chi connectivity index (χ2n) is 10.4. The Morgan fingerprint density at radius 3 is 2.47 bits per heavy atom. The highest BCUT2D eigenvalue weighted by Crippen LogP contribution is 2.37. The molecule has 0 aliphatic carbocycles. The van der Waals surface area contributed by atoms with E-state index in [9.17, 15) is 14.0 Å². The van der Waals surface area contributed by atoms with Crippen LogP contribution < -0.4 is 24.4 Å². The third-order valence-corrected chi connectivity index (χ3v) is 9.44. The number of hydrogen-bond donors (Lipinski definition) is 0. The van der Waals surface area contributed by atoms with Crippen molar-refractivity contribution in [2.75, 3.05) is 13.7 Å². The molecule has 0 saturated heterocycles. The number of carbonyl (C=O) groups excluding carboxylic acids is 1. The van der Waals surface area contributed by atoms with Crippen LogP contribution in [0.5, 0.6) is 11.5 Å². The van der Waals surface area contributed by atoms with Crippen LogP contribution >= 0.6 is 45.5 Å². The number of hydrogen-bond acceptors (Lipinski definition) is 7. The molecular formula is C36H27ClFIN2O5S. The fourth-order valence-electron chi connectivity index (χ4n) is 5.25. The Bertz CT molecular complexity index is 2160. The molecule has 0 radical (unpaired) electrons. The third-order valence-electron chi connectivity index (χ3n) is 7.41. The van der Waals surface area contributed by atoms with Crippen LogP contribution in [0.15, 0.2) is 106 Å². The number of esters is 1. The Hall–Kier alpha value is -4.26. The van der Waals surface area contributed by atoms with Crippen LogP contribution in [-0.2, 0) is 16.1 Å². The summed E-state index contributed by atoms with van der Waals surface area (Å²) in [6.45, 7) is 2.12. The van der Waals surface area contributed by atoms with Crippen molar-refractivity contribution in [1.82, 2.24) is 4.57 Å². The van der Waals surface area contributed by atoms with E-state index in [4.69, 9.17) is 30.8 Å². The first kappa shape index (κ1) is 32.7. The molecule has 1 aromatic heterocycles. The number of benzene rings is 4. The monoisotopic (exact) mass is 780 g/mol. The maximum atomic E-state index is 14.2. The smallest absolute Gasteiger partial charge is 0.338 e. The van der Waals surface area contributed by atoms with Crippen molar-refractivity contribution in [1.29, 1.82) is 0 Å². The topological polar surface area (TPSA) is 79.1 Å². The van der Waals surface area contributed by atoms with E-state index < -0.39 is 12.0 Å². The van der Waals surface area contributed by atoms with Gasteiger partial charge in [0.1, 0.15) is 12.4 Å². The number of rotatable bonds is 9. The van der Waals surface area contributed by atoms with Crippen LogP contribution in [0, 0.1) is 9.39 Å². The molecule has 1 aliphatic heterocycles. The largest absolute Gasteiger partial charge is 0.493 e. The summed E-state index contributed by atoms with van der Waals surface area (Å²) in [4.78, 5) is 33.2. The Balaban J connectivity index is 1.48. The third kappa shape index (κ3) is 6.90. The molecule has 4 aromatic carbocycles. The first-order valence-corrected chi connectivity index (χ1v) is 16.8. The van der Waals surface area contributed by atoms with Gasteiger partial charge in [-0.15, -0.1) is 0 Å². The highest BCUT2D eigenvalue weighted by Gasteiger charge is 2.35. The molecule has 0 saturated carbocycles. The molecule has 0 amide bonds. The standard InChI is InChI=1S/C36H27ClFIN2O5S/c1-3-45-35(43)30-31(23-7-5-4-6-8-23)40-36-41(32(30)24-11-13-25(37)14-12-24)34(42)29(47-36)19-22-17-27(39)33(28(18-22)44-2)46-20-21-9-15-26(38)16-10-21/h4-19,32H,3,20H2,1-2H3/b29-19-/t32-/m1/s1. The number of carbonyl (C=O) groups is 1. The van der Waals surface area contributed by atoms with E-state index in [1.54, 1.807) is 67.1 Å². The minimum absolute atomic E-state index is 0.159. The van der Waals surface area contributed by atoms with Crippen molar-refractivity contribution < 1.29 is 23.4 Å². The van der Waals surface area contributed by atoms with E-state index in [1.807, 2.05) is 36.4 Å². The summed E-state index contributed by atoms with van der Waals surface area (Å²) in [6.07, 6.45) is 1.77. The molecule has 6 rings (SSSR count). The molecule has 1 aliphatic rings. The number of aromatic nitrogens is 1. The Labute approximate surface area is 292 Å². The zero-order chi connectivity index (χ0) is 33.1. The summed E-state index contributed by atoms with van der Waals surface area (Å²) in [6, 6.07) is 25.4. The second kappa shape index (κ2) is 14.2. The van der Waals surface area contributed by atoms with E-state index in [2.05, 4.69) is 22.6 Å². The summed E-state index contributed by atoms with van der Waals surface area (Å²) in [5.74, 6) is 0.140. The lowest BCUT2D eigenvalue weighted by Crippen LogP contribution is -2.40. The van der Waals surface area contributed by atoms with Gasteiger partial charge in [-0.2, -0.15) is 0 Å². The highest BCUT2D eigenvalue weighted by molar-refractivity contribution is 14.1. The van der Waals surface area contributed by atoms with Crippen LogP contribution in [0.25, 0.3) is 11.8 Å². The lowest BCUT2D eigenvalue weighted by molar-refractivity contribution is -0.138. The maximum absolute atomic E-state index is 14.2. The average molecular weight is 781 g/mol. The van der Waals surface area contributed by atoms with Crippen LogP contribution in [-0.4, -0.2) is 24.3 Å². The van der Waals surface area contributed by atoms with Gasteiger partial charge >= 0.3 is 5.97 Å². The van der Waals surface area contributed by atoms with Gasteiger partial charge in [0.05, 0.1) is 39.1 Å². The number of fused-ring (bicyclic) bond motifs is 1. The summed E-state index contributed by atoms with van der Waals surface area (Å²) < 4.78 is 33.3. The molecule has 5 aromatic rings. The molecule has 47 heavy (non-hydrogen) atoms. The van der Waals surface area contributed by atoms with E-state index in [1.165, 1.54) is 23.5 Å². The summed E-state index contributed by atoms with van der Waals surface area (Å²) >= 11 is 9.61. The van der Waals surface area contributed by atoms with Crippen LogP contribution in [0.2, 0.25) is 5.02 Å². The minimum Gasteiger partial charge on any atom is -0.493 e. The Kier molecular flexibility index (Phi) is 9.90. The van der Waals surface area contributed by atoms with Crippen LogP contribution in [0.4, 0.5) is 4.39 Å². The number of thiazole rings is 1. The van der Waals surface area contributed by atoms with Crippen molar-refractivity contribution in [2.45, 2.75) is 19.6 Å². The van der Waals surface area contributed by atoms with Gasteiger partial charge in [-0.3, -0.25) is 9.36 Å². The number of ether oxygens (including phenoxy) is 3. The SMILES string of the molecule is CCOC(=O)C1=C(c2ccccc2)N=c2s/c(=C\c3cc(I)c(OCc4ccc(F)cc4)c(OC)c3)c(=O)n2[C@@H]1c1ccc(Cl)cc1. The van der Waals surface area contributed by atoms with Gasteiger partial charge in [0, 0.05) is 10.6 Å².